The summed E-state index contributed by atoms with van der Waals surface area (Å²) in [5, 5.41) is 10.3. The Hall–Kier alpha value is -1.57. The van der Waals surface area contributed by atoms with E-state index in [1.165, 1.54) is 0 Å². The van der Waals surface area contributed by atoms with Crippen LogP contribution in [0.4, 0.5) is 14.0 Å². The summed E-state index contributed by atoms with van der Waals surface area (Å²) in [4.78, 5) is 9.49. The lowest BCUT2D eigenvalue weighted by molar-refractivity contribution is -0.385. The van der Waals surface area contributed by atoms with Gasteiger partial charge in [0.05, 0.1) is 16.7 Å². The predicted molar refractivity (Wildman–Crippen MR) is 51.7 cm³/mol. The second-order valence-electron chi connectivity index (χ2n) is 3.03. The van der Waals surface area contributed by atoms with Crippen LogP contribution < -0.4 is 0 Å². The molecule has 16 heavy (non-hydrogen) atoms. The molecule has 0 aromatic heterocycles. The lowest BCUT2D eigenvalue weighted by atomic mass is 10.1. The first-order valence-electron chi connectivity index (χ1n) is 4.15. The zero-order chi connectivity index (χ0) is 12.3. The summed E-state index contributed by atoms with van der Waals surface area (Å²) in [7, 11) is -4.67. The highest BCUT2D eigenvalue weighted by atomic mass is 32.3. The molecule has 0 aliphatic carbocycles. The summed E-state index contributed by atoms with van der Waals surface area (Å²) in [6.45, 7) is 0. The van der Waals surface area contributed by atoms with Gasteiger partial charge in [-0.1, -0.05) is 0 Å². The van der Waals surface area contributed by atoms with Gasteiger partial charge in [-0.3, -0.25) is 10.1 Å². The van der Waals surface area contributed by atoms with E-state index in [9.17, 15) is 26.8 Å². The first kappa shape index (κ1) is 12.5. The minimum atomic E-state index is -4.67. The van der Waals surface area contributed by atoms with Crippen LogP contribution in [0.1, 0.15) is 5.56 Å². The highest BCUT2D eigenvalue weighted by molar-refractivity contribution is 7.86. The van der Waals surface area contributed by atoms with Crippen molar-refractivity contribution in [1.82, 2.24) is 0 Å². The molecule has 1 rings (SSSR count). The van der Waals surface area contributed by atoms with Crippen molar-refractivity contribution in [2.45, 2.75) is 6.42 Å². The van der Waals surface area contributed by atoms with Gasteiger partial charge in [-0.05, 0) is 18.1 Å². The Morgan fingerprint density at radius 3 is 2.44 bits per heavy atom. The van der Waals surface area contributed by atoms with Crippen LogP contribution >= 0.6 is 0 Å². The van der Waals surface area contributed by atoms with Crippen molar-refractivity contribution < 1.29 is 21.6 Å². The normalized spacial score (nSPS) is 11.4. The predicted octanol–water partition coefficient (Wildman–Crippen LogP) is 1.58. The summed E-state index contributed by atoms with van der Waals surface area (Å²) in [6.07, 6.45) is -0.358. The number of aryl methyl sites for hydroxylation is 1. The molecule has 0 unspecified atom stereocenters. The third kappa shape index (κ3) is 3.54. The second-order valence-corrected chi connectivity index (χ2v) is 4.51. The summed E-state index contributed by atoms with van der Waals surface area (Å²) in [5.74, 6) is -1.76. The van der Waals surface area contributed by atoms with Crippen molar-refractivity contribution in [3.8, 4) is 0 Å². The summed E-state index contributed by atoms with van der Waals surface area (Å²) in [5.41, 5.74) is -0.517. The van der Waals surface area contributed by atoms with Gasteiger partial charge >= 0.3 is 10.2 Å². The Kier molecular flexibility index (Phi) is 3.53. The minimum Gasteiger partial charge on any atom is -0.258 e. The molecule has 0 radical (unpaired) electrons. The summed E-state index contributed by atoms with van der Waals surface area (Å²) < 4.78 is 45.7. The Morgan fingerprint density at radius 1 is 1.38 bits per heavy atom. The maximum Gasteiger partial charge on any atom is 0.302 e. The van der Waals surface area contributed by atoms with Crippen molar-refractivity contribution in [2.24, 2.45) is 0 Å². The smallest absolute Gasteiger partial charge is 0.258 e. The molecule has 0 atom stereocenters. The molecule has 0 saturated carbocycles. The van der Waals surface area contributed by atoms with Crippen molar-refractivity contribution in [3.63, 3.8) is 0 Å². The number of nitrogens with zero attached hydrogens (tertiary/aromatic N) is 1. The lowest BCUT2D eigenvalue weighted by Gasteiger charge is -2.00. The van der Waals surface area contributed by atoms with Crippen molar-refractivity contribution >= 4 is 15.9 Å². The molecular formula is C8H7F2NO4S. The molecule has 0 fully saturated rings. The van der Waals surface area contributed by atoms with Gasteiger partial charge in [-0.25, -0.2) is 4.39 Å². The highest BCUT2D eigenvalue weighted by Gasteiger charge is 2.13. The van der Waals surface area contributed by atoms with Crippen LogP contribution in [0.15, 0.2) is 18.2 Å². The zero-order valence-electron chi connectivity index (χ0n) is 7.89. The fraction of sp³-hybridized carbons (Fsp3) is 0.250. The fourth-order valence-electron chi connectivity index (χ4n) is 1.08. The molecule has 0 aliphatic heterocycles. The second kappa shape index (κ2) is 4.52. The van der Waals surface area contributed by atoms with E-state index in [0.29, 0.717) is 6.07 Å². The van der Waals surface area contributed by atoms with Gasteiger partial charge in [-0.2, -0.15) is 8.42 Å². The molecule has 0 heterocycles. The Labute approximate surface area is 90.1 Å². The van der Waals surface area contributed by atoms with Crippen LogP contribution in [0.3, 0.4) is 0 Å². The zero-order valence-corrected chi connectivity index (χ0v) is 8.71. The van der Waals surface area contributed by atoms with Gasteiger partial charge in [0.1, 0.15) is 5.82 Å². The van der Waals surface area contributed by atoms with E-state index in [4.69, 9.17) is 0 Å². The average molecular weight is 251 g/mol. The van der Waals surface area contributed by atoms with E-state index in [1.807, 2.05) is 0 Å². The largest absolute Gasteiger partial charge is 0.302 e. The molecule has 0 spiro atoms. The van der Waals surface area contributed by atoms with Crippen LogP contribution in [0, 0.1) is 15.9 Å². The van der Waals surface area contributed by atoms with Gasteiger partial charge in [-0.15, -0.1) is 3.89 Å². The molecule has 0 aliphatic rings. The Balaban J connectivity index is 2.88. The van der Waals surface area contributed by atoms with E-state index in [0.717, 1.165) is 12.1 Å². The van der Waals surface area contributed by atoms with Crippen molar-refractivity contribution in [2.75, 3.05) is 5.75 Å². The number of hydrogen-bond acceptors (Lipinski definition) is 4. The standard InChI is InChI=1S/C8H7F2NO4S/c9-8-5-7(11(12)13)2-1-6(8)3-4-16(10,14)15/h1-2,5H,3-4H2. The van der Waals surface area contributed by atoms with E-state index >= 15 is 0 Å². The Bertz CT molecular complexity index is 515. The van der Waals surface area contributed by atoms with E-state index in [1.54, 1.807) is 0 Å². The van der Waals surface area contributed by atoms with Gasteiger partial charge in [0, 0.05) is 6.07 Å². The van der Waals surface area contributed by atoms with Crippen LogP contribution in [-0.2, 0) is 16.6 Å². The molecule has 8 heteroatoms. The molecule has 0 amide bonds. The highest BCUT2D eigenvalue weighted by Crippen LogP contribution is 2.17. The third-order valence-corrected chi connectivity index (χ3v) is 2.55. The van der Waals surface area contributed by atoms with Crippen LogP contribution in [0.5, 0.6) is 0 Å². The number of hydrogen-bond donors (Lipinski definition) is 0. The van der Waals surface area contributed by atoms with Gasteiger partial charge in [0.25, 0.3) is 5.69 Å². The van der Waals surface area contributed by atoms with Gasteiger partial charge in [0.2, 0.25) is 0 Å². The maximum absolute atomic E-state index is 13.2. The number of nitro groups is 1. The molecule has 0 saturated heterocycles. The van der Waals surface area contributed by atoms with Gasteiger partial charge in [0.15, 0.2) is 0 Å². The average Bonchev–Trinajstić information content (AvgIpc) is 2.14. The number of nitro benzene ring substituents is 1. The molecule has 0 bridgehead atoms. The first-order valence-corrected chi connectivity index (χ1v) is 5.70. The molecule has 0 N–H and O–H groups in total. The molecular weight excluding hydrogens is 244 g/mol. The number of rotatable bonds is 4. The number of benzene rings is 1. The van der Waals surface area contributed by atoms with Gasteiger partial charge < -0.3 is 0 Å². The first-order chi connectivity index (χ1) is 7.29. The lowest BCUT2D eigenvalue weighted by Crippen LogP contribution is -2.04. The van der Waals surface area contributed by atoms with Crippen molar-refractivity contribution in [3.05, 3.63) is 39.7 Å². The van der Waals surface area contributed by atoms with Crippen LogP contribution in [0.25, 0.3) is 0 Å². The van der Waals surface area contributed by atoms with E-state index in [2.05, 4.69) is 0 Å². The SMILES string of the molecule is O=[N+]([O-])c1ccc(CCS(=O)(=O)F)c(F)c1. The van der Waals surface area contributed by atoms with E-state index < -0.39 is 32.4 Å². The molecule has 1 aromatic carbocycles. The van der Waals surface area contributed by atoms with Crippen molar-refractivity contribution in [1.29, 1.82) is 0 Å². The minimum absolute atomic E-state index is 0.0770. The number of halogens is 2. The summed E-state index contributed by atoms with van der Waals surface area (Å²) in [6, 6.07) is 2.77. The number of non-ortho nitro benzene ring substituents is 1. The third-order valence-electron chi connectivity index (χ3n) is 1.86. The monoisotopic (exact) mass is 251 g/mol. The van der Waals surface area contributed by atoms with Crippen LogP contribution in [-0.4, -0.2) is 19.1 Å². The van der Waals surface area contributed by atoms with E-state index in [-0.39, 0.29) is 12.0 Å². The molecule has 1 aromatic rings. The fourth-order valence-corrected chi connectivity index (χ4v) is 1.55. The Morgan fingerprint density at radius 2 is 2.00 bits per heavy atom. The topological polar surface area (TPSA) is 77.3 Å². The quantitative estimate of drug-likeness (QED) is 0.462. The maximum atomic E-state index is 13.2. The molecule has 88 valence electrons. The molecule has 5 nitrogen and oxygen atoms in total. The van der Waals surface area contributed by atoms with Crippen LogP contribution in [0.2, 0.25) is 0 Å². The summed E-state index contributed by atoms with van der Waals surface area (Å²) >= 11 is 0.